The Hall–Kier alpha value is -1.97. The van der Waals surface area contributed by atoms with E-state index in [1.165, 1.54) is 7.11 Å². The number of esters is 1. The number of methoxy groups -OCH3 is 1. The molecule has 1 aromatic rings. The van der Waals surface area contributed by atoms with Crippen LogP contribution in [0.5, 0.6) is 0 Å². The van der Waals surface area contributed by atoms with Gasteiger partial charge in [0.2, 0.25) is 0 Å². The molecule has 2 saturated heterocycles. The third-order valence-electron chi connectivity index (χ3n) is 5.68. The van der Waals surface area contributed by atoms with Crippen molar-refractivity contribution in [3.63, 3.8) is 0 Å². The largest absolute Gasteiger partial charge is 0.497 e. The molecule has 0 spiro atoms. The van der Waals surface area contributed by atoms with Crippen LogP contribution in [0.25, 0.3) is 0 Å². The number of rotatable bonds is 4. The van der Waals surface area contributed by atoms with Crippen LogP contribution < -0.4 is 16.1 Å². The fraction of sp³-hybridized carbons (Fsp3) is 0.632. The molecular weight excluding hydrogens is 361 g/mol. The molecule has 28 heavy (non-hydrogen) atoms. The summed E-state index contributed by atoms with van der Waals surface area (Å²) < 4.78 is 16.9. The normalized spacial score (nSPS) is 23.3. The summed E-state index contributed by atoms with van der Waals surface area (Å²) in [4.78, 5) is 29.2. The Morgan fingerprint density at radius 3 is 2.50 bits per heavy atom. The van der Waals surface area contributed by atoms with E-state index in [9.17, 15) is 9.59 Å². The van der Waals surface area contributed by atoms with Crippen molar-refractivity contribution >= 4 is 24.5 Å². The van der Waals surface area contributed by atoms with Crippen molar-refractivity contribution in [2.24, 2.45) is 0 Å². The molecule has 2 fully saturated rings. The number of hydrogen-bond acceptors (Lipinski definition) is 7. The van der Waals surface area contributed by atoms with Gasteiger partial charge in [0.05, 0.1) is 18.3 Å². The molecule has 8 nitrogen and oxygen atoms in total. The van der Waals surface area contributed by atoms with Crippen LogP contribution in [-0.4, -0.2) is 61.4 Å². The van der Waals surface area contributed by atoms with Gasteiger partial charge in [-0.1, -0.05) is 6.07 Å². The number of ether oxygens (including phenoxy) is 1. The smallest absolute Gasteiger partial charge is 0.464 e. The van der Waals surface area contributed by atoms with Crippen molar-refractivity contribution in [1.82, 2.24) is 15.6 Å². The van der Waals surface area contributed by atoms with Crippen molar-refractivity contribution in [2.75, 3.05) is 20.2 Å². The Morgan fingerprint density at radius 1 is 1.25 bits per heavy atom. The van der Waals surface area contributed by atoms with E-state index in [-0.39, 0.29) is 23.3 Å². The fourth-order valence-electron chi connectivity index (χ4n) is 3.25. The lowest BCUT2D eigenvalue weighted by molar-refractivity contribution is 0.00578. The lowest BCUT2D eigenvalue weighted by Crippen LogP contribution is -2.46. The summed E-state index contributed by atoms with van der Waals surface area (Å²) in [6, 6.07) is 3.28. The maximum Gasteiger partial charge on any atom is 0.497 e. The lowest BCUT2D eigenvalue weighted by Gasteiger charge is -2.32. The summed E-state index contributed by atoms with van der Waals surface area (Å²) in [7, 11) is 0.504. The molecule has 3 rings (SSSR count). The zero-order valence-corrected chi connectivity index (χ0v) is 17.1. The molecule has 0 bridgehead atoms. The number of carbonyl (C=O) groups excluding carboxylic acids is 2. The van der Waals surface area contributed by atoms with Gasteiger partial charge in [0, 0.05) is 18.0 Å². The SMILES string of the molecule is COC(=O)c1nc(C(=O)NC2CCCNC2)ccc1B1OC(C)(C)C(C)(C)O1. The average molecular weight is 389 g/mol. The molecular formula is C19H28BN3O5. The topological polar surface area (TPSA) is 98.8 Å². The number of hydrogen-bond donors (Lipinski definition) is 2. The summed E-state index contributed by atoms with van der Waals surface area (Å²) in [5.41, 5.74) is -0.493. The Balaban J connectivity index is 1.86. The van der Waals surface area contributed by atoms with Gasteiger partial charge in [0.15, 0.2) is 0 Å². The molecule has 2 N–H and O–H groups in total. The summed E-state index contributed by atoms with van der Waals surface area (Å²) in [6.07, 6.45) is 1.92. The number of nitrogens with zero attached hydrogens (tertiary/aromatic N) is 1. The van der Waals surface area contributed by atoms with E-state index >= 15 is 0 Å². The quantitative estimate of drug-likeness (QED) is 0.576. The summed E-state index contributed by atoms with van der Waals surface area (Å²) in [5, 5.41) is 6.21. The van der Waals surface area contributed by atoms with Crippen molar-refractivity contribution in [3.05, 3.63) is 23.5 Å². The third kappa shape index (κ3) is 4.06. The van der Waals surface area contributed by atoms with E-state index < -0.39 is 24.3 Å². The first-order valence-electron chi connectivity index (χ1n) is 9.61. The van der Waals surface area contributed by atoms with Gasteiger partial charge >= 0.3 is 13.1 Å². The molecule has 1 aromatic heterocycles. The van der Waals surface area contributed by atoms with Gasteiger partial charge in [-0.3, -0.25) is 4.79 Å². The molecule has 1 atom stereocenters. The number of piperidine rings is 1. The van der Waals surface area contributed by atoms with Crippen molar-refractivity contribution in [2.45, 2.75) is 57.8 Å². The van der Waals surface area contributed by atoms with Crippen molar-refractivity contribution in [3.8, 4) is 0 Å². The second-order valence-corrected chi connectivity index (χ2v) is 8.23. The molecule has 2 aliphatic rings. The molecule has 0 aromatic carbocycles. The van der Waals surface area contributed by atoms with Gasteiger partial charge < -0.3 is 24.7 Å². The highest BCUT2D eigenvalue weighted by Crippen LogP contribution is 2.36. The maximum atomic E-state index is 12.6. The minimum absolute atomic E-state index is 0.0235. The van der Waals surface area contributed by atoms with Crippen LogP contribution in [-0.2, 0) is 14.0 Å². The highest BCUT2D eigenvalue weighted by molar-refractivity contribution is 6.63. The van der Waals surface area contributed by atoms with Crippen molar-refractivity contribution in [1.29, 1.82) is 0 Å². The van der Waals surface area contributed by atoms with E-state index in [1.54, 1.807) is 12.1 Å². The number of amides is 1. The van der Waals surface area contributed by atoms with Gasteiger partial charge in [0.1, 0.15) is 11.4 Å². The second-order valence-electron chi connectivity index (χ2n) is 8.23. The average Bonchev–Trinajstić information content (AvgIpc) is 2.88. The fourth-order valence-corrected chi connectivity index (χ4v) is 3.25. The van der Waals surface area contributed by atoms with Gasteiger partial charge in [0.25, 0.3) is 5.91 Å². The predicted octanol–water partition coefficient (Wildman–Crippen LogP) is 0.649. The van der Waals surface area contributed by atoms with Crippen LogP contribution in [0, 0.1) is 0 Å². The van der Waals surface area contributed by atoms with Crippen LogP contribution in [0.3, 0.4) is 0 Å². The Morgan fingerprint density at radius 2 is 1.93 bits per heavy atom. The van der Waals surface area contributed by atoms with E-state index in [2.05, 4.69) is 15.6 Å². The zero-order valence-electron chi connectivity index (χ0n) is 17.1. The van der Waals surface area contributed by atoms with Gasteiger partial charge in [-0.05, 0) is 53.1 Å². The van der Waals surface area contributed by atoms with Crippen LogP contribution in [0.1, 0.15) is 61.5 Å². The second kappa shape index (κ2) is 7.81. The van der Waals surface area contributed by atoms with E-state index in [0.29, 0.717) is 5.46 Å². The zero-order chi connectivity index (χ0) is 20.5. The maximum absolute atomic E-state index is 12.6. The summed E-state index contributed by atoms with van der Waals surface area (Å²) >= 11 is 0. The number of aromatic nitrogens is 1. The minimum atomic E-state index is -0.772. The van der Waals surface area contributed by atoms with Gasteiger partial charge in [-0.15, -0.1) is 0 Å². The molecule has 0 saturated carbocycles. The standard InChI is InChI=1S/C19H28BN3O5/c1-18(2)19(3,4)28-20(27-18)13-8-9-14(23-15(13)17(25)26-5)16(24)22-12-7-6-10-21-11-12/h8-9,12,21H,6-7,10-11H2,1-5H3,(H,22,24). The predicted molar refractivity (Wildman–Crippen MR) is 105 cm³/mol. The first-order valence-corrected chi connectivity index (χ1v) is 9.61. The Labute approximate surface area is 165 Å². The summed E-state index contributed by atoms with van der Waals surface area (Å²) in [5.74, 6) is -0.960. The van der Waals surface area contributed by atoms with E-state index in [1.807, 2.05) is 27.7 Å². The molecule has 3 heterocycles. The number of carbonyl (C=O) groups is 2. The Kier molecular flexibility index (Phi) is 5.79. The first kappa shape index (κ1) is 20.8. The highest BCUT2D eigenvalue weighted by Gasteiger charge is 2.52. The molecule has 1 amide bonds. The third-order valence-corrected chi connectivity index (χ3v) is 5.68. The van der Waals surface area contributed by atoms with Gasteiger partial charge in [-0.2, -0.15) is 0 Å². The van der Waals surface area contributed by atoms with Gasteiger partial charge in [-0.25, -0.2) is 9.78 Å². The van der Waals surface area contributed by atoms with Crippen LogP contribution in [0.2, 0.25) is 0 Å². The molecule has 2 aliphatic heterocycles. The molecule has 0 aliphatic carbocycles. The highest BCUT2D eigenvalue weighted by atomic mass is 16.7. The molecule has 1 unspecified atom stereocenters. The lowest BCUT2D eigenvalue weighted by atomic mass is 9.77. The molecule has 0 radical (unpaired) electrons. The summed E-state index contributed by atoms with van der Waals surface area (Å²) in [6.45, 7) is 9.40. The van der Waals surface area contributed by atoms with Crippen molar-refractivity contribution < 1.29 is 23.6 Å². The van der Waals surface area contributed by atoms with E-state index in [0.717, 1.165) is 25.9 Å². The first-order chi connectivity index (χ1) is 13.1. The van der Waals surface area contributed by atoms with Crippen LogP contribution in [0.4, 0.5) is 0 Å². The molecule has 152 valence electrons. The van der Waals surface area contributed by atoms with E-state index in [4.69, 9.17) is 14.0 Å². The number of nitrogens with one attached hydrogen (secondary N) is 2. The monoisotopic (exact) mass is 389 g/mol. The molecule has 9 heteroatoms. The minimum Gasteiger partial charge on any atom is -0.464 e. The Bertz CT molecular complexity index is 746. The van der Waals surface area contributed by atoms with Crippen LogP contribution >= 0.6 is 0 Å². The number of pyridine rings is 1. The van der Waals surface area contributed by atoms with Crippen LogP contribution in [0.15, 0.2) is 12.1 Å².